The number of nitriles is 1. The first-order chi connectivity index (χ1) is 14.1. The summed E-state index contributed by atoms with van der Waals surface area (Å²) < 4.78 is 5.81. The third-order valence-corrected chi connectivity index (χ3v) is 4.37. The number of ether oxygens (including phenoxy) is 1. The maximum absolute atomic E-state index is 9.57. The van der Waals surface area contributed by atoms with Gasteiger partial charge < -0.3 is 9.84 Å². The molecule has 0 amide bonds. The van der Waals surface area contributed by atoms with Crippen LogP contribution in [-0.4, -0.2) is 5.11 Å². The zero-order valence-corrected chi connectivity index (χ0v) is 19.1. The van der Waals surface area contributed by atoms with Crippen molar-refractivity contribution in [3.05, 3.63) is 113 Å². The predicted molar refractivity (Wildman–Crippen MR) is 114 cm³/mol. The van der Waals surface area contributed by atoms with Gasteiger partial charge in [-0.25, -0.2) is 4.85 Å². The van der Waals surface area contributed by atoms with E-state index in [9.17, 15) is 10.4 Å². The smallest absolute Gasteiger partial charge is 0.212 e. The Morgan fingerprint density at radius 2 is 1.60 bits per heavy atom. The minimum Gasteiger partial charge on any atom is -0.508 e. The van der Waals surface area contributed by atoms with Crippen molar-refractivity contribution in [3.8, 4) is 17.6 Å². The predicted octanol–water partition coefficient (Wildman–Crippen LogP) is 5.92. The Morgan fingerprint density at radius 1 is 1.00 bits per heavy atom. The molecule has 4 nitrogen and oxygen atoms in total. The van der Waals surface area contributed by atoms with Gasteiger partial charge in [0.05, 0.1) is 18.2 Å². The van der Waals surface area contributed by atoms with Crippen molar-refractivity contribution in [2.24, 2.45) is 0 Å². The number of benzene rings is 3. The van der Waals surface area contributed by atoms with Gasteiger partial charge in [0.15, 0.2) is 0 Å². The van der Waals surface area contributed by atoms with E-state index >= 15 is 0 Å². The molecule has 0 aliphatic carbocycles. The van der Waals surface area contributed by atoms with Gasteiger partial charge >= 0.3 is 0 Å². The van der Waals surface area contributed by atoms with Gasteiger partial charge in [-0.3, -0.25) is 0 Å². The summed E-state index contributed by atoms with van der Waals surface area (Å²) in [5, 5.41) is 19.0. The van der Waals surface area contributed by atoms with Gasteiger partial charge in [0, 0.05) is 32.7 Å². The topological polar surface area (TPSA) is 57.6 Å². The molecule has 1 N–H and O–H groups in total. The van der Waals surface area contributed by atoms with E-state index in [0.29, 0.717) is 23.5 Å². The summed E-state index contributed by atoms with van der Waals surface area (Å²) in [5.74, 6) is 0.782. The normalized spacial score (nSPS) is 10.6. The Hall–Kier alpha value is -3.18. The average molecular weight is 467 g/mol. The molecule has 0 spiro atoms. The molecule has 0 saturated carbocycles. The van der Waals surface area contributed by atoms with Crippen molar-refractivity contribution in [1.29, 1.82) is 5.26 Å². The maximum atomic E-state index is 9.57. The molecule has 0 aliphatic rings. The van der Waals surface area contributed by atoms with Gasteiger partial charge in [-0.1, -0.05) is 61.2 Å². The second-order valence-electron chi connectivity index (χ2n) is 6.25. The summed E-state index contributed by atoms with van der Waals surface area (Å²) in [6.45, 7) is 11.7. The Balaban J connectivity index is 0.00000320. The molecule has 0 aromatic heterocycles. The second kappa shape index (κ2) is 11.1. The van der Waals surface area contributed by atoms with Crippen molar-refractivity contribution in [2.75, 3.05) is 0 Å². The summed E-state index contributed by atoms with van der Waals surface area (Å²) in [7, 11) is 0. The Bertz CT molecular complexity index is 1120. The number of hydrogen-bond acceptors (Lipinski definition) is 3. The first kappa shape index (κ1) is 23.1. The van der Waals surface area contributed by atoms with Crippen molar-refractivity contribution < 1.29 is 42.6 Å². The molecule has 3 aromatic carbocycles. The van der Waals surface area contributed by atoms with Gasteiger partial charge in [0.25, 0.3) is 0 Å². The molecule has 0 heterocycles. The van der Waals surface area contributed by atoms with Crippen molar-refractivity contribution in [3.63, 3.8) is 0 Å². The molecular formula is C25H18N2O2Y. The fraction of sp³-hybridized carbons (Fsp3) is 0.0400. The molecule has 30 heavy (non-hydrogen) atoms. The average Bonchev–Trinajstić information content (AvgIpc) is 2.77. The number of phenols is 1. The Morgan fingerprint density at radius 3 is 2.13 bits per heavy atom. The first-order valence-electron chi connectivity index (χ1n) is 8.90. The Kier molecular flexibility index (Phi) is 8.57. The van der Waals surface area contributed by atoms with E-state index in [-0.39, 0.29) is 49.7 Å². The van der Waals surface area contributed by atoms with Crippen LogP contribution in [0.2, 0.25) is 0 Å². The number of phenolic OH excluding ortho intramolecular Hbond substituents is 1. The third-order valence-electron chi connectivity index (χ3n) is 4.37. The molecular weight excluding hydrogens is 449 g/mol. The molecule has 0 bridgehead atoms. The van der Waals surface area contributed by atoms with Crippen LogP contribution < -0.4 is 4.74 Å². The van der Waals surface area contributed by atoms with E-state index in [1.54, 1.807) is 42.5 Å². The van der Waals surface area contributed by atoms with Crippen LogP contribution in [0.3, 0.4) is 0 Å². The number of allylic oxidation sites excluding steroid dienone is 1. The van der Waals surface area contributed by atoms with Gasteiger partial charge in [-0.2, -0.15) is 5.26 Å². The fourth-order valence-corrected chi connectivity index (χ4v) is 2.77. The van der Waals surface area contributed by atoms with Crippen LogP contribution in [0.15, 0.2) is 79.4 Å². The van der Waals surface area contributed by atoms with Crippen LogP contribution in [0.1, 0.15) is 22.3 Å². The van der Waals surface area contributed by atoms with E-state index < -0.39 is 0 Å². The van der Waals surface area contributed by atoms with Crippen LogP contribution in [0.25, 0.3) is 22.2 Å². The summed E-state index contributed by atoms with van der Waals surface area (Å²) in [6.07, 6.45) is 1.79. The Labute approximate surface area is 201 Å². The quantitative estimate of drug-likeness (QED) is 0.278. The number of hydrogen-bond donors (Lipinski definition) is 1. The number of aromatic hydroxyl groups is 1. The molecule has 0 saturated heterocycles. The van der Waals surface area contributed by atoms with E-state index in [2.05, 4.69) is 17.5 Å². The monoisotopic (exact) mass is 467 g/mol. The van der Waals surface area contributed by atoms with Crippen LogP contribution in [-0.2, 0) is 39.3 Å². The van der Waals surface area contributed by atoms with E-state index in [4.69, 9.17) is 11.3 Å². The van der Waals surface area contributed by atoms with Crippen LogP contribution in [0, 0.1) is 17.9 Å². The van der Waals surface area contributed by atoms with Crippen LogP contribution in [0.4, 0.5) is 0 Å². The summed E-state index contributed by atoms with van der Waals surface area (Å²) in [5.41, 5.74) is 3.83. The summed E-state index contributed by atoms with van der Waals surface area (Å²) in [6, 6.07) is 23.4. The minimum absolute atomic E-state index is 0. The standard InChI is InChI=1S/C25H18N2O2.Y/c1-3-18-4-6-19(7-5-18)17-29-23-14-10-21(11-15-23)25(27-2)24(16-26)20-8-12-22(28)13-9-20;/h3-15,28H,1,17H2;/b25-24-;. The van der Waals surface area contributed by atoms with Crippen LogP contribution >= 0.6 is 0 Å². The minimum atomic E-state index is 0. The molecule has 5 heteroatoms. The van der Waals surface area contributed by atoms with E-state index in [1.165, 1.54) is 12.1 Å². The molecule has 0 atom stereocenters. The molecule has 0 unspecified atom stereocenters. The van der Waals surface area contributed by atoms with Gasteiger partial charge in [-0.05, 0) is 46.5 Å². The van der Waals surface area contributed by atoms with Crippen molar-refractivity contribution >= 4 is 17.3 Å². The van der Waals surface area contributed by atoms with Crippen molar-refractivity contribution in [2.45, 2.75) is 6.61 Å². The third kappa shape index (κ3) is 5.68. The van der Waals surface area contributed by atoms with Crippen molar-refractivity contribution in [1.82, 2.24) is 0 Å². The fourth-order valence-electron chi connectivity index (χ4n) is 2.77. The van der Waals surface area contributed by atoms with Gasteiger partial charge in [0.2, 0.25) is 5.70 Å². The second-order valence-corrected chi connectivity index (χ2v) is 6.25. The molecule has 143 valence electrons. The SMILES string of the molecule is [C-]#[N+]/C(=C(/C#N)c1ccc(O)cc1)c1ccc(OCc2ccc(C=C)cc2)cc1.[Y]. The van der Waals surface area contributed by atoms with Crippen LogP contribution in [0.5, 0.6) is 11.5 Å². The zero-order chi connectivity index (χ0) is 20.6. The maximum Gasteiger partial charge on any atom is 0.212 e. The first-order valence-corrected chi connectivity index (χ1v) is 8.90. The largest absolute Gasteiger partial charge is 0.508 e. The molecule has 3 rings (SSSR count). The molecule has 0 aliphatic heterocycles. The molecule has 0 fully saturated rings. The van der Waals surface area contributed by atoms with Gasteiger partial charge in [0.1, 0.15) is 18.1 Å². The van der Waals surface area contributed by atoms with E-state index in [0.717, 1.165) is 11.1 Å². The molecule has 3 aromatic rings. The summed E-state index contributed by atoms with van der Waals surface area (Å²) >= 11 is 0. The summed E-state index contributed by atoms with van der Waals surface area (Å²) in [4.78, 5) is 3.56. The molecule has 1 radical (unpaired) electrons. The number of nitrogens with zero attached hydrogens (tertiary/aromatic N) is 2. The van der Waals surface area contributed by atoms with Gasteiger partial charge in [-0.15, -0.1) is 0 Å². The van der Waals surface area contributed by atoms with E-state index in [1.807, 2.05) is 24.3 Å². The number of rotatable bonds is 6. The zero-order valence-electron chi connectivity index (χ0n) is 16.2.